The Bertz CT molecular complexity index is 1070. The summed E-state index contributed by atoms with van der Waals surface area (Å²) in [7, 11) is -3.44. The predicted molar refractivity (Wildman–Crippen MR) is 122 cm³/mol. The van der Waals surface area contributed by atoms with E-state index in [-0.39, 0.29) is 12.5 Å². The van der Waals surface area contributed by atoms with E-state index in [0.717, 1.165) is 11.1 Å². The van der Waals surface area contributed by atoms with Crippen molar-refractivity contribution in [2.24, 2.45) is 0 Å². The van der Waals surface area contributed by atoms with Crippen molar-refractivity contribution in [3.63, 3.8) is 0 Å². The van der Waals surface area contributed by atoms with Crippen molar-refractivity contribution < 1.29 is 17.9 Å². The number of carbonyl (C=O) groups excluding carboxylic acids is 1. The second-order valence-electron chi connectivity index (χ2n) is 7.10. The van der Waals surface area contributed by atoms with Gasteiger partial charge in [0.05, 0.1) is 31.7 Å². The molecular weight excluding hydrogens is 412 g/mol. The van der Waals surface area contributed by atoms with Crippen LogP contribution in [0.2, 0.25) is 0 Å². The normalized spacial score (nSPS) is 11.1. The number of nitrogens with zero attached hydrogens (tertiary/aromatic N) is 1. The Morgan fingerprint density at radius 3 is 2.10 bits per heavy atom. The molecule has 0 atom stereocenters. The molecule has 0 heterocycles. The van der Waals surface area contributed by atoms with E-state index in [9.17, 15) is 13.2 Å². The highest BCUT2D eigenvalue weighted by atomic mass is 32.2. The lowest BCUT2D eigenvalue weighted by Crippen LogP contribution is -2.29. The zero-order valence-electron chi connectivity index (χ0n) is 17.4. The summed E-state index contributed by atoms with van der Waals surface area (Å²) in [6.07, 6.45) is 1.18. The summed E-state index contributed by atoms with van der Waals surface area (Å²) in [6.45, 7) is 1.52. The van der Waals surface area contributed by atoms with E-state index in [1.165, 1.54) is 10.6 Å². The maximum absolute atomic E-state index is 12.3. The van der Waals surface area contributed by atoms with Gasteiger partial charge < -0.3 is 10.1 Å². The van der Waals surface area contributed by atoms with Crippen LogP contribution in [0.3, 0.4) is 0 Å². The number of amides is 1. The second-order valence-corrected chi connectivity index (χ2v) is 9.00. The summed E-state index contributed by atoms with van der Waals surface area (Å²) in [5, 5.41) is 2.83. The minimum atomic E-state index is -3.44. The van der Waals surface area contributed by atoms with Gasteiger partial charge in [-0.05, 0) is 35.4 Å². The monoisotopic (exact) mass is 438 g/mol. The van der Waals surface area contributed by atoms with Crippen LogP contribution < -0.4 is 9.62 Å². The van der Waals surface area contributed by atoms with E-state index < -0.39 is 10.0 Å². The van der Waals surface area contributed by atoms with E-state index in [0.29, 0.717) is 31.0 Å². The van der Waals surface area contributed by atoms with Gasteiger partial charge in [0.1, 0.15) is 0 Å². The molecule has 3 aromatic rings. The molecule has 0 fully saturated rings. The molecule has 0 saturated carbocycles. The number of ether oxygens (including phenoxy) is 1. The van der Waals surface area contributed by atoms with Gasteiger partial charge in [-0.3, -0.25) is 9.10 Å². The quantitative estimate of drug-likeness (QED) is 0.491. The fourth-order valence-electron chi connectivity index (χ4n) is 3.02. The largest absolute Gasteiger partial charge is 0.375 e. The molecule has 3 aromatic carbocycles. The first-order valence-corrected chi connectivity index (χ1v) is 11.8. The third-order valence-electron chi connectivity index (χ3n) is 4.63. The van der Waals surface area contributed by atoms with Crippen molar-refractivity contribution in [1.29, 1.82) is 0 Å². The molecule has 7 heteroatoms. The number of sulfonamides is 1. The number of anilines is 1. The molecule has 0 unspecified atom stereocenters. The lowest BCUT2D eigenvalue weighted by atomic mass is 10.1. The topological polar surface area (TPSA) is 75.7 Å². The Morgan fingerprint density at radius 1 is 0.871 bits per heavy atom. The highest BCUT2D eigenvalue weighted by Gasteiger charge is 2.17. The first-order valence-electron chi connectivity index (χ1n) is 9.95. The van der Waals surface area contributed by atoms with Crippen molar-refractivity contribution in [3.05, 3.63) is 102 Å². The maximum atomic E-state index is 12.3. The van der Waals surface area contributed by atoms with E-state index >= 15 is 0 Å². The van der Waals surface area contributed by atoms with Crippen molar-refractivity contribution in [2.45, 2.75) is 13.2 Å². The summed E-state index contributed by atoms with van der Waals surface area (Å²) in [5.74, 6) is -0.196. The van der Waals surface area contributed by atoms with Gasteiger partial charge in [-0.15, -0.1) is 0 Å². The van der Waals surface area contributed by atoms with Gasteiger partial charge in [0.2, 0.25) is 10.0 Å². The summed E-state index contributed by atoms with van der Waals surface area (Å²) < 4.78 is 31.4. The summed E-state index contributed by atoms with van der Waals surface area (Å²) in [6, 6.07) is 25.7. The average molecular weight is 439 g/mol. The molecule has 0 radical (unpaired) electrons. The summed E-state index contributed by atoms with van der Waals surface area (Å²) in [5.41, 5.74) is 2.99. The van der Waals surface area contributed by atoms with Crippen molar-refractivity contribution in [3.8, 4) is 0 Å². The first kappa shape index (κ1) is 22.5. The van der Waals surface area contributed by atoms with E-state index in [4.69, 9.17) is 4.74 Å². The molecule has 0 bridgehead atoms. The fourth-order valence-corrected chi connectivity index (χ4v) is 3.91. The molecular formula is C24H26N2O4S. The molecule has 162 valence electrons. The zero-order chi connectivity index (χ0) is 22.1. The van der Waals surface area contributed by atoms with Crippen LogP contribution in [-0.2, 0) is 27.9 Å². The van der Waals surface area contributed by atoms with Gasteiger partial charge in [0.15, 0.2) is 0 Å². The van der Waals surface area contributed by atoms with Crippen LogP contribution in [0.25, 0.3) is 0 Å². The van der Waals surface area contributed by atoms with Crippen LogP contribution in [0, 0.1) is 0 Å². The number of carbonyl (C=O) groups is 1. The minimum Gasteiger partial charge on any atom is -0.375 e. The van der Waals surface area contributed by atoms with Gasteiger partial charge in [-0.25, -0.2) is 8.42 Å². The zero-order valence-corrected chi connectivity index (χ0v) is 18.2. The Morgan fingerprint density at radius 2 is 1.48 bits per heavy atom. The third kappa shape index (κ3) is 6.94. The standard InChI is InChI=1S/C24H26N2O4S/c1-31(28,29)26(23-10-6-3-7-11-23)18-20-12-14-22(15-13-20)24(27)25-16-17-30-19-21-8-4-2-5-9-21/h2-15H,16-19H2,1H3,(H,25,27). The van der Waals surface area contributed by atoms with Gasteiger partial charge in [-0.2, -0.15) is 0 Å². The SMILES string of the molecule is CS(=O)(=O)N(Cc1ccc(C(=O)NCCOCc2ccccc2)cc1)c1ccccc1. The van der Waals surface area contributed by atoms with Gasteiger partial charge >= 0.3 is 0 Å². The van der Waals surface area contributed by atoms with E-state index in [1.807, 2.05) is 36.4 Å². The molecule has 1 N–H and O–H groups in total. The Kier molecular flexibility index (Phi) is 7.81. The van der Waals surface area contributed by atoms with Crippen LogP contribution in [0.4, 0.5) is 5.69 Å². The van der Waals surface area contributed by atoms with Crippen molar-refractivity contribution in [2.75, 3.05) is 23.7 Å². The molecule has 0 aromatic heterocycles. The van der Waals surface area contributed by atoms with Crippen molar-refractivity contribution in [1.82, 2.24) is 5.32 Å². The maximum Gasteiger partial charge on any atom is 0.251 e. The first-order chi connectivity index (χ1) is 14.9. The second kappa shape index (κ2) is 10.7. The van der Waals surface area contributed by atoms with E-state index in [1.54, 1.807) is 48.5 Å². The molecule has 3 rings (SSSR count). The van der Waals surface area contributed by atoms with Gasteiger partial charge in [0.25, 0.3) is 5.91 Å². The average Bonchev–Trinajstić information content (AvgIpc) is 2.78. The Hall–Kier alpha value is -3.16. The molecule has 0 saturated heterocycles. The number of rotatable bonds is 10. The van der Waals surface area contributed by atoms with Crippen LogP contribution in [0.1, 0.15) is 21.5 Å². The number of benzene rings is 3. The van der Waals surface area contributed by atoms with E-state index in [2.05, 4.69) is 5.32 Å². The fraction of sp³-hybridized carbons (Fsp3) is 0.208. The lowest BCUT2D eigenvalue weighted by Gasteiger charge is -2.22. The third-order valence-corrected chi connectivity index (χ3v) is 5.77. The van der Waals surface area contributed by atoms with Crippen LogP contribution >= 0.6 is 0 Å². The Labute approximate surface area is 183 Å². The van der Waals surface area contributed by atoms with Crippen LogP contribution in [-0.4, -0.2) is 33.7 Å². The molecule has 6 nitrogen and oxygen atoms in total. The molecule has 0 aliphatic rings. The van der Waals surface area contributed by atoms with Gasteiger partial charge in [-0.1, -0.05) is 60.7 Å². The summed E-state index contributed by atoms with van der Waals surface area (Å²) in [4.78, 5) is 12.3. The lowest BCUT2D eigenvalue weighted by molar-refractivity contribution is 0.0901. The number of hydrogen-bond donors (Lipinski definition) is 1. The predicted octanol–water partition coefficient (Wildman–Crippen LogP) is 3.60. The van der Waals surface area contributed by atoms with Gasteiger partial charge in [0, 0.05) is 12.1 Å². The molecule has 0 spiro atoms. The molecule has 1 amide bonds. The Balaban J connectivity index is 1.51. The smallest absolute Gasteiger partial charge is 0.251 e. The molecule has 0 aliphatic heterocycles. The molecule has 0 aliphatic carbocycles. The van der Waals surface area contributed by atoms with Crippen LogP contribution in [0.15, 0.2) is 84.9 Å². The minimum absolute atomic E-state index is 0.193. The van der Waals surface area contributed by atoms with Crippen molar-refractivity contribution >= 4 is 21.6 Å². The number of nitrogens with one attached hydrogen (secondary N) is 1. The molecule has 31 heavy (non-hydrogen) atoms. The summed E-state index contributed by atoms with van der Waals surface area (Å²) >= 11 is 0. The highest BCUT2D eigenvalue weighted by Crippen LogP contribution is 2.20. The number of para-hydroxylation sites is 1. The van der Waals surface area contributed by atoms with Crippen LogP contribution in [0.5, 0.6) is 0 Å². The highest BCUT2D eigenvalue weighted by molar-refractivity contribution is 7.92. The number of hydrogen-bond acceptors (Lipinski definition) is 4.